The molecule has 0 aliphatic carbocycles. The molecule has 0 saturated carbocycles. The van der Waals surface area contributed by atoms with Crippen LogP contribution in [0, 0.1) is 11.8 Å². The lowest BCUT2D eigenvalue weighted by molar-refractivity contribution is -0.149. The van der Waals surface area contributed by atoms with E-state index in [0.717, 1.165) is 16.7 Å². The molecule has 0 unspecified atom stereocenters. The molecule has 0 aliphatic rings. The van der Waals surface area contributed by atoms with Crippen molar-refractivity contribution in [3.63, 3.8) is 0 Å². The minimum atomic E-state index is -2.36. The number of carbonyl (C=O) groups excluding carboxylic acids is 3. The number of carboxylic acids is 1. The van der Waals surface area contributed by atoms with E-state index in [0.29, 0.717) is 46.1 Å². The summed E-state index contributed by atoms with van der Waals surface area (Å²) in [4.78, 5) is 49.9. The highest BCUT2D eigenvalue weighted by atomic mass is 28.4. The van der Waals surface area contributed by atoms with Crippen molar-refractivity contribution in [2.75, 3.05) is 26.4 Å². The van der Waals surface area contributed by atoms with Crippen LogP contribution in [0.15, 0.2) is 91.0 Å². The molecule has 0 radical (unpaired) electrons. The Balaban J connectivity index is 0.000000575. The van der Waals surface area contributed by atoms with Gasteiger partial charge in [0.15, 0.2) is 12.1 Å². The van der Waals surface area contributed by atoms with Crippen molar-refractivity contribution in [3.05, 3.63) is 108 Å². The number of hydrogen-bond donors (Lipinski definition) is 5. The van der Waals surface area contributed by atoms with E-state index in [1.54, 1.807) is 55.4 Å². The molecule has 0 aromatic heterocycles. The summed E-state index contributed by atoms with van der Waals surface area (Å²) in [6.45, 7) is 40.5. The Hall–Kier alpha value is -4.67. The molecule has 8 atom stereocenters. The van der Waals surface area contributed by atoms with Crippen LogP contribution >= 0.6 is 0 Å². The largest absolute Gasteiger partial charge is 0.480 e. The first-order chi connectivity index (χ1) is 38.6. The molecule has 0 heterocycles. The summed E-state index contributed by atoms with van der Waals surface area (Å²) in [5.41, 5.74) is 3.48. The van der Waals surface area contributed by atoms with Gasteiger partial charge < -0.3 is 58.5 Å². The molecule has 0 saturated heterocycles. The Labute approximate surface area is 501 Å². The normalized spacial score (nSPS) is 15.4. The van der Waals surface area contributed by atoms with Gasteiger partial charge in [-0.2, -0.15) is 0 Å². The second-order valence-corrected chi connectivity index (χ2v) is 36.9. The van der Waals surface area contributed by atoms with Crippen molar-refractivity contribution in [3.8, 4) is 0 Å². The molecule has 0 bridgehead atoms. The first-order valence-corrected chi connectivity index (χ1v) is 34.2. The van der Waals surface area contributed by atoms with Gasteiger partial charge in [0.05, 0.1) is 50.8 Å². The molecule has 16 nitrogen and oxygen atoms in total. The first-order valence-electron chi connectivity index (χ1n) is 29.9. The van der Waals surface area contributed by atoms with Gasteiger partial charge in [-0.1, -0.05) is 174 Å². The smallest absolute Gasteiger partial charge is 0.408 e. The Bertz CT molecular complexity index is 2280. The number of aliphatic carboxylic acids is 1. The number of amides is 2. The molecule has 5 N–H and O–H groups in total. The second kappa shape index (κ2) is 35.1. The van der Waals surface area contributed by atoms with Gasteiger partial charge in [-0.15, -0.1) is 0 Å². The summed E-state index contributed by atoms with van der Waals surface area (Å²) in [6.07, 6.45) is -2.86. The maximum Gasteiger partial charge on any atom is 0.408 e. The van der Waals surface area contributed by atoms with Crippen LogP contribution in [-0.2, 0) is 61.6 Å². The van der Waals surface area contributed by atoms with Crippen molar-refractivity contribution >= 4 is 40.8 Å². The zero-order valence-electron chi connectivity index (χ0n) is 54.0. The highest BCUT2D eigenvalue weighted by Crippen LogP contribution is 2.46. The van der Waals surface area contributed by atoms with Gasteiger partial charge in [0.2, 0.25) is 16.6 Å². The molecule has 0 fully saturated rings. The third-order valence-corrected chi connectivity index (χ3v) is 27.3. The predicted octanol–water partition coefficient (Wildman–Crippen LogP) is 13.2. The third-order valence-electron chi connectivity index (χ3n) is 15.1. The fourth-order valence-corrected chi connectivity index (χ4v) is 22.9. The zero-order valence-corrected chi connectivity index (χ0v) is 56.0. The number of aliphatic hydroxyl groups is 2. The number of rotatable bonds is 32. The van der Waals surface area contributed by atoms with E-state index >= 15 is 0 Å². The van der Waals surface area contributed by atoms with Gasteiger partial charge in [0.25, 0.3) is 0 Å². The zero-order chi connectivity index (χ0) is 63.0. The van der Waals surface area contributed by atoms with Crippen molar-refractivity contribution in [1.29, 1.82) is 0 Å². The summed E-state index contributed by atoms with van der Waals surface area (Å²) in [5, 5.41) is 36.8. The monoisotopic (exact) mass is 1200 g/mol. The maximum absolute atomic E-state index is 13.2. The van der Waals surface area contributed by atoms with Crippen molar-refractivity contribution in [2.24, 2.45) is 11.8 Å². The minimum Gasteiger partial charge on any atom is -0.480 e. The molecule has 18 heteroatoms. The number of carbonyl (C=O) groups is 4. The number of alkyl carbamates (subject to hydrolysis) is 2. The molecular weight excluding hydrogens is 1090 g/mol. The van der Waals surface area contributed by atoms with Crippen LogP contribution in [-0.4, -0.2) is 130 Å². The first kappa shape index (κ1) is 74.4. The van der Waals surface area contributed by atoms with Gasteiger partial charge >= 0.3 is 24.1 Å². The Morgan fingerprint density at radius 1 is 0.458 bits per heavy atom. The highest BCUT2D eigenvalue weighted by Gasteiger charge is 2.50. The Morgan fingerprint density at radius 2 is 0.759 bits per heavy atom. The van der Waals surface area contributed by atoms with Crippen LogP contribution in [0.25, 0.3) is 0 Å². The number of carboxylic acid groups (broad SMARTS) is 1. The SMILES string of the molecule is CC(C)[Si](O[C@H]([C@H](COC[C@H](NC(=O)OC(C)(C)C)C(=O)O)Cc1ccccc1)[C@H](C)O)(C(C)C)C(C)C.CC(C)[Si](O[C@H]([C@H](COC[C@H](NC(=O)OC(C)(C)C)C(=O)OCc1ccccc1)Cc1ccccc1)[C@H](C)O)(C(C)C)C(C)C. The van der Waals surface area contributed by atoms with Crippen molar-refractivity contribution in [1.82, 2.24) is 10.6 Å². The quantitative estimate of drug-likeness (QED) is 0.0223. The molecule has 3 aromatic rings. The molecule has 0 spiro atoms. The number of benzene rings is 3. The Kier molecular flexibility index (Phi) is 31.5. The highest BCUT2D eigenvalue weighted by molar-refractivity contribution is 6.78. The summed E-state index contributed by atoms with van der Waals surface area (Å²) in [6, 6.07) is 27.0. The van der Waals surface area contributed by atoms with Crippen LogP contribution in [0.5, 0.6) is 0 Å². The number of hydrogen-bond acceptors (Lipinski definition) is 13. The molecule has 3 rings (SSSR count). The molecule has 3 aromatic carbocycles. The fraction of sp³-hybridized carbons (Fsp3) is 0.662. The number of nitrogens with one attached hydrogen (secondary N) is 2. The lowest BCUT2D eigenvalue weighted by Crippen LogP contribution is -2.54. The number of esters is 1. The summed E-state index contributed by atoms with van der Waals surface area (Å²) in [7, 11) is -4.70. The number of aliphatic hydroxyl groups excluding tert-OH is 2. The van der Waals surface area contributed by atoms with Gasteiger partial charge in [0.1, 0.15) is 17.8 Å². The van der Waals surface area contributed by atoms with Crippen molar-refractivity contribution < 1.29 is 67.0 Å². The molecule has 2 amide bonds. The molecule has 83 heavy (non-hydrogen) atoms. The summed E-state index contributed by atoms with van der Waals surface area (Å²) >= 11 is 0. The van der Waals surface area contributed by atoms with E-state index in [4.69, 9.17) is 32.5 Å². The van der Waals surface area contributed by atoms with Crippen LogP contribution in [0.1, 0.15) is 155 Å². The average Bonchev–Trinajstić information content (AvgIpc) is 3.55. The fourth-order valence-electron chi connectivity index (χ4n) is 11.6. The van der Waals surface area contributed by atoms with Gasteiger partial charge in [-0.3, -0.25) is 0 Å². The minimum absolute atomic E-state index is 0.0626. The lowest BCUT2D eigenvalue weighted by atomic mass is 9.92. The van der Waals surface area contributed by atoms with E-state index < -0.39 is 88.5 Å². The second-order valence-electron chi connectivity index (χ2n) is 26.1. The van der Waals surface area contributed by atoms with Crippen LogP contribution in [0.3, 0.4) is 0 Å². The molecule has 470 valence electrons. The van der Waals surface area contributed by atoms with E-state index in [1.165, 1.54) is 0 Å². The maximum atomic E-state index is 13.2. The Morgan fingerprint density at radius 3 is 1.05 bits per heavy atom. The standard InChI is InChI=1S/C36H57NO7Si.C29H51NO7Si/c1-25(2)45(26(3)4,27(5)6)44-33(28(7)38)31(21-29-17-13-11-14-18-29)23-41-24-32(37-35(40)43-36(8,9)10)34(39)42-22-30-19-15-12-16-20-30;1-19(2)38(20(3)4,21(5)6)37-26(22(7)31)24(16-23-14-12-11-13-15-23)17-35-18-25(27(32)33)30-28(34)36-29(8,9)10/h11-20,25-28,31-33,38H,21-24H2,1-10H3,(H,37,40);11-15,19-22,24-26,31H,16-18H2,1-10H3,(H,30,34)(H,32,33)/t28-,31-,32-,33-;22-,24-,25-,26-/m00/s1. The average molecular weight is 1200 g/mol. The van der Waals surface area contributed by atoms with Crippen LogP contribution in [0.2, 0.25) is 33.2 Å². The van der Waals surface area contributed by atoms with E-state index in [9.17, 15) is 34.5 Å². The van der Waals surface area contributed by atoms with Crippen LogP contribution < -0.4 is 10.6 Å². The van der Waals surface area contributed by atoms with Crippen LogP contribution in [0.4, 0.5) is 9.59 Å². The summed E-state index contributed by atoms with van der Waals surface area (Å²) < 4.78 is 42.5. The number of ether oxygens (including phenoxy) is 5. The predicted molar refractivity (Wildman–Crippen MR) is 334 cm³/mol. The van der Waals surface area contributed by atoms with Crippen molar-refractivity contribution in [2.45, 2.75) is 239 Å². The lowest BCUT2D eigenvalue weighted by Gasteiger charge is -2.47. The van der Waals surface area contributed by atoms with E-state index in [1.807, 2.05) is 78.9 Å². The van der Waals surface area contributed by atoms with E-state index in [2.05, 4.69) is 106 Å². The molecular formula is C65H108N2O14Si2. The van der Waals surface area contributed by atoms with Gasteiger partial charge in [-0.25, -0.2) is 19.2 Å². The van der Waals surface area contributed by atoms with Gasteiger partial charge in [0, 0.05) is 11.8 Å². The van der Waals surface area contributed by atoms with E-state index in [-0.39, 0.29) is 44.9 Å². The topological polar surface area (TPSA) is 218 Å². The summed E-state index contributed by atoms with van der Waals surface area (Å²) in [5.74, 6) is -2.31. The molecule has 0 aliphatic heterocycles. The van der Waals surface area contributed by atoms with Gasteiger partial charge in [-0.05, 0) is 118 Å². The third kappa shape index (κ3) is 25.1.